The van der Waals surface area contributed by atoms with Gasteiger partial charge in [0.1, 0.15) is 18.9 Å². The number of nitrogens with two attached hydrogens (primary N) is 1. The summed E-state index contributed by atoms with van der Waals surface area (Å²) in [5.41, 5.74) is 0. The Morgan fingerprint density at radius 3 is 2.69 bits per heavy atom. The van der Waals surface area contributed by atoms with Gasteiger partial charge >= 0.3 is 0 Å². The highest BCUT2D eigenvalue weighted by Gasteiger charge is 2.02. The summed E-state index contributed by atoms with van der Waals surface area (Å²) in [6, 6.07) is 5.97. The van der Waals surface area contributed by atoms with Gasteiger partial charge in [-0.15, -0.1) is 0 Å². The van der Waals surface area contributed by atoms with Crippen molar-refractivity contribution in [1.82, 2.24) is 0 Å². The SMILES string of the molecule is CC[C@@H](C)[NH2+]CCOc1ccc(Cl)c(Cl)c1. The second-order valence-electron chi connectivity index (χ2n) is 3.83. The summed E-state index contributed by atoms with van der Waals surface area (Å²) in [4.78, 5) is 0. The molecule has 0 aliphatic heterocycles. The van der Waals surface area contributed by atoms with E-state index < -0.39 is 0 Å². The first-order valence-electron chi connectivity index (χ1n) is 5.54. The number of quaternary nitrogens is 1. The van der Waals surface area contributed by atoms with E-state index in [0.717, 1.165) is 12.3 Å². The second kappa shape index (κ2) is 7.00. The third-order valence-corrected chi connectivity index (χ3v) is 3.23. The summed E-state index contributed by atoms with van der Waals surface area (Å²) in [7, 11) is 0. The molecule has 0 aliphatic carbocycles. The zero-order chi connectivity index (χ0) is 12.0. The molecule has 1 atom stereocenters. The highest BCUT2D eigenvalue weighted by atomic mass is 35.5. The number of hydrogen-bond donors (Lipinski definition) is 1. The summed E-state index contributed by atoms with van der Waals surface area (Å²) >= 11 is 11.7. The molecule has 4 heteroatoms. The molecule has 1 rings (SSSR count). The van der Waals surface area contributed by atoms with Gasteiger partial charge in [-0.1, -0.05) is 30.1 Å². The normalized spacial score (nSPS) is 12.5. The van der Waals surface area contributed by atoms with Crippen molar-refractivity contribution in [1.29, 1.82) is 0 Å². The Morgan fingerprint density at radius 2 is 2.06 bits per heavy atom. The van der Waals surface area contributed by atoms with Gasteiger partial charge in [-0.25, -0.2) is 0 Å². The average Bonchev–Trinajstić information content (AvgIpc) is 2.28. The minimum absolute atomic E-state index is 0.532. The summed E-state index contributed by atoms with van der Waals surface area (Å²) in [5, 5.41) is 3.36. The van der Waals surface area contributed by atoms with Crippen molar-refractivity contribution in [3.05, 3.63) is 28.2 Å². The van der Waals surface area contributed by atoms with Crippen LogP contribution in [-0.2, 0) is 0 Å². The maximum atomic E-state index is 5.88. The van der Waals surface area contributed by atoms with Gasteiger partial charge in [-0.2, -0.15) is 0 Å². The lowest BCUT2D eigenvalue weighted by Gasteiger charge is -2.09. The van der Waals surface area contributed by atoms with Gasteiger partial charge in [0.15, 0.2) is 0 Å². The largest absolute Gasteiger partial charge is 0.488 e. The van der Waals surface area contributed by atoms with E-state index in [9.17, 15) is 0 Å². The molecule has 0 aliphatic rings. The van der Waals surface area contributed by atoms with Crippen LogP contribution in [0.4, 0.5) is 0 Å². The Morgan fingerprint density at radius 1 is 1.31 bits per heavy atom. The molecule has 0 spiro atoms. The van der Waals surface area contributed by atoms with Crippen molar-refractivity contribution in [2.45, 2.75) is 26.3 Å². The van der Waals surface area contributed by atoms with Crippen LogP contribution in [0.2, 0.25) is 10.0 Å². The summed E-state index contributed by atoms with van der Waals surface area (Å²) < 4.78 is 5.56. The van der Waals surface area contributed by atoms with Gasteiger partial charge in [0.05, 0.1) is 16.1 Å². The lowest BCUT2D eigenvalue weighted by Crippen LogP contribution is -2.90. The Hall–Kier alpha value is -0.440. The molecule has 90 valence electrons. The maximum absolute atomic E-state index is 5.88. The van der Waals surface area contributed by atoms with E-state index in [1.165, 1.54) is 6.42 Å². The summed E-state index contributed by atoms with van der Waals surface area (Å²) in [5.74, 6) is 0.770. The van der Waals surface area contributed by atoms with Crippen molar-refractivity contribution in [3.8, 4) is 5.75 Å². The number of benzene rings is 1. The maximum Gasteiger partial charge on any atom is 0.137 e. The van der Waals surface area contributed by atoms with Gasteiger partial charge in [-0.3, -0.25) is 0 Å². The quantitative estimate of drug-likeness (QED) is 0.784. The van der Waals surface area contributed by atoms with Crippen LogP contribution in [0, 0.1) is 0 Å². The fourth-order valence-corrected chi connectivity index (χ4v) is 1.55. The topological polar surface area (TPSA) is 25.8 Å². The first kappa shape index (κ1) is 13.6. The molecule has 0 radical (unpaired) electrons. The number of halogens is 2. The fraction of sp³-hybridized carbons (Fsp3) is 0.500. The van der Waals surface area contributed by atoms with Gasteiger partial charge in [0, 0.05) is 6.07 Å². The van der Waals surface area contributed by atoms with E-state index in [1.807, 2.05) is 6.07 Å². The monoisotopic (exact) mass is 262 g/mol. The van der Waals surface area contributed by atoms with Crippen LogP contribution in [0.25, 0.3) is 0 Å². The average molecular weight is 263 g/mol. The zero-order valence-electron chi connectivity index (χ0n) is 9.67. The lowest BCUT2D eigenvalue weighted by molar-refractivity contribution is -0.686. The van der Waals surface area contributed by atoms with Crippen LogP contribution < -0.4 is 10.1 Å². The predicted octanol–water partition coefficient (Wildman–Crippen LogP) is 2.73. The predicted molar refractivity (Wildman–Crippen MR) is 68.5 cm³/mol. The molecule has 1 aromatic carbocycles. The van der Waals surface area contributed by atoms with Gasteiger partial charge < -0.3 is 10.1 Å². The second-order valence-corrected chi connectivity index (χ2v) is 4.65. The van der Waals surface area contributed by atoms with E-state index in [2.05, 4.69) is 19.2 Å². The molecule has 0 unspecified atom stereocenters. The van der Waals surface area contributed by atoms with Crippen LogP contribution in [0.15, 0.2) is 18.2 Å². The first-order valence-corrected chi connectivity index (χ1v) is 6.30. The van der Waals surface area contributed by atoms with Crippen LogP contribution in [0.3, 0.4) is 0 Å². The standard InChI is InChI=1S/C12H17Cl2NO/c1-3-9(2)15-6-7-16-10-4-5-11(13)12(14)8-10/h4-5,8-9,15H,3,6-7H2,1-2H3/p+1/t9-/m1/s1. The first-order chi connectivity index (χ1) is 7.63. The van der Waals surface area contributed by atoms with E-state index in [4.69, 9.17) is 27.9 Å². The summed E-state index contributed by atoms with van der Waals surface area (Å²) in [6.07, 6.45) is 1.17. The highest BCUT2D eigenvalue weighted by Crippen LogP contribution is 2.26. The highest BCUT2D eigenvalue weighted by molar-refractivity contribution is 6.42. The molecule has 0 saturated heterocycles. The number of rotatable bonds is 6. The van der Waals surface area contributed by atoms with Gasteiger partial charge in [-0.05, 0) is 25.5 Å². The minimum Gasteiger partial charge on any atom is -0.488 e. The van der Waals surface area contributed by atoms with E-state index in [1.54, 1.807) is 12.1 Å². The van der Waals surface area contributed by atoms with Gasteiger partial charge in [0.25, 0.3) is 0 Å². The lowest BCUT2D eigenvalue weighted by atomic mass is 10.3. The van der Waals surface area contributed by atoms with E-state index >= 15 is 0 Å². The van der Waals surface area contributed by atoms with Crippen molar-refractivity contribution >= 4 is 23.2 Å². The molecule has 0 heterocycles. The van der Waals surface area contributed by atoms with Crippen molar-refractivity contribution in [2.75, 3.05) is 13.2 Å². The molecular weight excluding hydrogens is 245 g/mol. The summed E-state index contributed by atoms with van der Waals surface area (Å²) in [6.45, 7) is 6.03. The Labute approximate surface area is 107 Å². The molecule has 2 nitrogen and oxygen atoms in total. The molecule has 0 fully saturated rings. The molecule has 0 aromatic heterocycles. The Balaban J connectivity index is 2.29. The third kappa shape index (κ3) is 4.60. The molecule has 0 amide bonds. The molecule has 0 bridgehead atoms. The van der Waals surface area contributed by atoms with Crippen molar-refractivity contribution < 1.29 is 10.1 Å². The molecule has 16 heavy (non-hydrogen) atoms. The van der Waals surface area contributed by atoms with E-state index in [-0.39, 0.29) is 0 Å². The van der Waals surface area contributed by atoms with Crippen LogP contribution in [-0.4, -0.2) is 19.2 Å². The van der Waals surface area contributed by atoms with E-state index in [0.29, 0.717) is 22.7 Å². The van der Waals surface area contributed by atoms with Gasteiger partial charge in [0.2, 0.25) is 0 Å². The van der Waals surface area contributed by atoms with Crippen molar-refractivity contribution in [3.63, 3.8) is 0 Å². The van der Waals surface area contributed by atoms with Crippen molar-refractivity contribution in [2.24, 2.45) is 0 Å². The van der Waals surface area contributed by atoms with Crippen LogP contribution >= 0.6 is 23.2 Å². The zero-order valence-corrected chi connectivity index (χ0v) is 11.2. The van der Waals surface area contributed by atoms with Crippen LogP contribution in [0.1, 0.15) is 20.3 Å². The molecule has 1 aromatic rings. The molecule has 2 N–H and O–H groups in total. The Kier molecular flexibility index (Phi) is 5.96. The minimum atomic E-state index is 0.532. The Bertz CT molecular complexity index is 331. The molecule has 0 saturated carbocycles. The third-order valence-electron chi connectivity index (χ3n) is 2.49. The van der Waals surface area contributed by atoms with Crippen LogP contribution in [0.5, 0.6) is 5.75 Å². The number of hydrogen-bond acceptors (Lipinski definition) is 1. The molecular formula is C12H18Cl2NO+. The fourth-order valence-electron chi connectivity index (χ4n) is 1.26. The smallest absolute Gasteiger partial charge is 0.137 e. The number of ether oxygens (including phenoxy) is 1.